The number of carbonyl (C=O) groups excluding carboxylic acids is 1. The Balaban J connectivity index is 1.89. The average molecular weight is 319 g/mol. The number of carbonyl (C=O) groups is 1. The van der Waals surface area contributed by atoms with Gasteiger partial charge in [-0.15, -0.1) is 22.7 Å². The standard InChI is InChI=1S/C16H17NO2S2/c1-17(16(19)10-15-6-4-8-20-15)11-13-9-14(21-12-13)5-2-3-7-18/h4,6,8-9,12,18H,3,7,10-11H2,1H3. The fourth-order valence-corrected chi connectivity index (χ4v) is 3.26. The van der Waals surface area contributed by atoms with E-state index in [0.717, 1.165) is 15.3 Å². The van der Waals surface area contributed by atoms with Crippen molar-refractivity contribution in [2.24, 2.45) is 0 Å². The molecule has 0 saturated carbocycles. The van der Waals surface area contributed by atoms with Gasteiger partial charge in [0.2, 0.25) is 5.91 Å². The van der Waals surface area contributed by atoms with Crippen molar-refractivity contribution < 1.29 is 9.90 Å². The van der Waals surface area contributed by atoms with Crippen LogP contribution in [0.15, 0.2) is 29.0 Å². The molecular weight excluding hydrogens is 302 g/mol. The van der Waals surface area contributed by atoms with Gasteiger partial charge in [-0.25, -0.2) is 0 Å². The first-order valence-electron chi connectivity index (χ1n) is 6.62. The third-order valence-corrected chi connectivity index (χ3v) is 4.62. The fourth-order valence-electron chi connectivity index (χ4n) is 1.79. The predicted molar refractivity (Wildman–Crippen MR) is 87.4 cm³/mol. The van der Waals surface area contributed by atoms with Gasteiger partial charge in [-0.2, -0.15) is 0 Å². The summed E-state index contributed by atoms with van der Waals surface area (Å²) in [5.74, 6) is 6.04. The molecule has 1 amide bonds. The summed E-state index contributed by atoms with van der Waals surface area (Å²) < 4.78 is 0. The van der Waals surface area contributed by atoms with Gasteiger partial charge in [-0.3, -0.25) is 4.79 Å². The molecule has 110 valence electrons. The fraction of sp³-hybridized carbons (Fsp3) is 0.312. The number of aliphatic hydroxyl groups is 1. The molecule has 0 aliphatic carbocycles. The molecule has 0 radical (unpaired) electrons. The smallest absolute Gasteiger partial charge is 0.227 e. The largest absolute Gasteiger partial charge is 0.395 e. The summed E-state index contributed by atoms with van der Waals surface area (Å²) in [6.07, 6.45) is 0.952. The van der Waals surface area contributed by atoms with Crippen LogP contribution in [0, 0.1) is 11.8 Å². The van der Waals surface area contributed by atoms with E-state index in [1.807, 2.05) is 36.0 Å². The Morgan fingerprint density at radius 2 is 2.29 bits per heavy atom. The molecule has 2 heterocycles. The van der Waals surface area contributed by atoms with Crippen molar-refractivity contribution in [3.63, 3.8) is 0 Å². The molecule has 2 rings (SSSR count). The highest BCUT2D eigenvalue weighted by molar-refractivity contribution is 7.10. The lowest BCUT2D eigenvalue weighted by atomic mass is 10.2. The maximum absolute atomic E-state index is 12.1. The Bertz CT molecular complexity index is 635. The normalized spacial score (nSPS) is 10.0. The van der Waals surface area contributed by atoms with E-state index >= 15 is 0 Å². The van der Waals surface area contributed by atoms with Gasteiger partial charge in [0.25, 0.3) is 0 Å². The summed E-state index contributed by atoms with van der Waals surface area (Å²) in [5.41, 5.74) is 1.09. The molecule has 3 nitrogen and oxygen atoms in total. The second kappa shape index (κ2) is 7.99. The minimum atomic E-state index is 0.0885. The second-order valence-electron chi connectivity index (χ2n) is 4.60. The summed E-state index contributed by atoms with van der Waals surface area (Å²) in [6, 6.07) is 5.95. The van der Waals surface area contributed by atoms with Crippen LogP contribution in [-0.2, 0) is 17.8 Å². The quantitative estimate of drug-likeness (QED) is 0.861. The van der Waals surface area contributed by atoms with Gasteiger partial charge in [-0.05, 0) is 28.5 Å². The summed E-state index contributed by atoms with van der Waals surface area (Å²) in [7, 11) is 1.82. The van der Waals surface area contributed by atoms with Gasteiger partial charge in [0.15, 0.2) is 0 Å². The van der Waals surface area contributed by atoms with Crippen LogP contribution in [0.1, 0.15) is 21.7 Å². The lowest BCUT2D eigenvalue weighted by molar-refractivity contribution is -0.129. The Kier molecular flexibility index (Phi) is 6.00. The minimum Gasteiger partial charge on any atom is -0.395 e. The van der Waals surface area contributed by atoms with Crippen molar-refractivity contribution in [3.8, 4) is 11.8 Å². The van der Waals surface area contributed by atoms with Gasteiger partial charge < -0.3 is 10.0 Å². The number of likely N-dealkylation sites (N-methyl/N-ethyl adjacent to an activating group) is 1. The van der Waals surface area contributed by atoms with Crippen LogP contribution in [0.5, 0.6) is 0 Å². The minimum absolute atomic E-state index is 0.0885. The van der Waals surface area contributed by atoms with Crippen LogP contribution in [0.3, 0.4) is 0 Å². The lowest BCUT2D eigenvalue weighted by Gasteiger charge is -2.15. The Morgan fingerprint density at radius 3 is 3.00 bits per heavy atom. The summed E-state index contributed by atoms with van der Waals surface area (Å²) in [4.78, 5) is 15.9. The van der Waals surface area contributed by atoms with E-state index in [2.05, 4.69) is 11.8 Å². The highest BCUT2D eigenvalue weighted by Crippen LogP contribution is 2.16. The van der Waals surface area contributed by atoms with E-state index in [4.69, 9.17) is 5.11 Å². The highest BCUT2D eigenvalue weighted by Gasteiger charge is 2.11. The molecule has 0 fully saturated rings. The van der Waals surface area contributed by atoms with E-state index in [-0.39, 0.29) is 12.5 Å². The van der Waals surface area contributed by atoms with E-state index in [9.17, 15) is 4.79 Å². The van der Waals surface area contributed by atoms with Crippen molar-refractivity contribution in [1.29, 1.82) is 0 Å². The van der Waals surface area contributed by atoms with Crippen molar-refractivity contribution in [2.45, 2.75) is 19.4 Å². The third-order valence-electron chi connectivity index (χ3n) is 2.85. The molecule has 2 aromatic rings. The molecule has 0 spiro atoms. The van der Waals surface area contributed by atoms with Gasteiger partial charge in [0.05, 0.1) is 17.9 Å². The zero-order chi connectivity index (χ0) is 15.1. The van der Waals surface area contributed by atoms with Crippen LogP contribution in [-0.4, -0.2) is 29.6 Å². The van der Waals surface area contributed by atoms with Crippen LogP contribution >= 0.6 is 22.7 Å². The molecule has 0 aliphatic heterocycles. The highest BCUT2D eigenvalue weighted by atomic mass is 32.1. The molecule has 0 atom stereocenters. The Morgan fingerprint density at radius 1 is 1.43 bits per heavy atom. The van der Waals surface area contributed by atoms with Crippen molar-refractivity contribution in [3.05, 3.63) is 44.3 Å². The zero-order valence-corrected chi connectivity index (χ0v) is 13.5. The number of hydrogen-bond donors (Lipinski definition) is 1. The summed E-state index contributed by atoms with van der Waals surface area (Å²) >= 11 is 3.17. The van der Waals surface area contributed by atoms with E-state index in [1.165, 1.54) is 0 Å². The van der Waals surface area contributed by atoms with Crippen molar-refractivity contribution in [1.82, 2.24) is 4.90 Å². The first-order valence-corrected chi connectivity index (χ1v) is 8.38. The molecule has 0 saturated heterocycles. The van der Waals surface area contributed by atoms with Gasteiger partial charge in [0.1, 0.15) is 0 Å². The molecule has 0 unspecified atom stereocenters. The van der Waals surface area contributed by atoms with E-state index in [1.54, 1.807) is 27.6 Å². The summed E-state index contributed by atoms with van der Waals surface area (Å²) in [5, 5.41) is 12.7. The SMILES string of the molecule is CN(Cc1csc(C#CCCO)c1)C(=O)Cc1cccs1. The van der Waals surface area contributed by atoms with Crippen molar-refractivity contribution in [2.75, 3.05) is 13.7 Å². The molecule has 0 aliphatic rings. The molecule has 0 bridgehead atoms. The van der Waals surface area contributed by atoms with E-state index in [0.29, 0.717) is 19.4 Å². The molecule has 5 heteroatoms. The molecule has 2 aromatic heterocycles. The maximum Gasteiger partial charge on any atom is 0.227 e. The maximum atomic E-state index is 12.1. The second-order valence-corrected chi connectivity index (χ2v) is 6.54. The van der Waals surface area contributed by atoms with Crippen molar-refractivity contribution >= 4 is 28.6 Å². The number of thiophene rings is 2. The first-order chi connectivity index (χ1) is 10.2. The molecule has 1 N–H and O–H groups in total. The Hall–Kier alpha value is -1.61. The number of hydrogen-bond acceptors (Lipinski definition) is 4. The average Bonchev–Trinajstić information content (AvgIpc) is 3.11. The van der Waals surface area contributed by atoms with Crippen LogP contribution < -0.4 is 0 Å². The molecule has 0 aromatic carbocycles. The van der Waals surface area contributed by atoms with Crippen LogP contribution in [0.2, 0.25) is 0 Å². The van der Waals surface area contributed by atoms with Crippen LogP contribution in [0.4, 0.5) is 0 Å². The molecule has 21 heavy (non-hydrogen) atoms. The number of nitrogens with zero attached hydrogens (tertiary/aromatic N) is 1. The van der Waals surface area contributed by atoms with Crippen LogP contribution in [0.25, 0.3) is 0 Å². The number of aliphatic hydroxyl groups excluding tert-OH is 1. The molecular formula is C16H17NO2S2. The first kappa shape index (κ1) is 15.8. The van der Waals surface area contributed by atoms with E-state index < -0.39 is 0 Å². The number of amides is 1. The predicted octanol–water partition coefficient (Wildman–Crippen LogP) is 2.74. The summed E-state index contributed by atoms with van der Waals surface area (Å²) in [6.45, 7) is 0.688. The number of rotatable bonds is 5. The lowest BCUT2D eigenvalue weighted by Crippen LogP contribution is -2.27. The van der Waals surface area contributed by atoms with Gasteiger partial charge in [0, 0.05) is 24.9 Å². The Labute approximate surface area is 132 Å². The topological polar surface area (TPSA) is 40.5 Å². The third kappa shape index (κ3) is 5.01. The van der Waals surface area contributed by atoms with Gasteiger partial charge in [-0.1, -0.05) is 17.9 Å². The van der Waals surface area contributed by atoms with Gasteiger partial charge >= 0.3 is 0 Å². The zero-order valence-electron chi connectivity index (χ0n) is 11.8. The monoisotopic (exact) mass is 319 g/mol.